The standard InChI is InChI=1S/C27H22O18/c28-5-13-19(36)22-23(27(42-13)45-24(39)6-1-9(29)16(33)10(30)2-6)44-26(41)15-8(4-12(32)18(35)21(15)38)7-3-11(31)17(34)20(37)14(7)25(40)43-22/h1-4,13,19,22-23,27-38H,5H2/t13-,19-,22?,23?,27+/m1/s1. The van der Waals surface area contributed by atoms with Crippen LogP contribution in [0, 0.1) is 0 Å². The number of phenols is 9. The third-order valence-electron chi connectivity index (χ3n) is 7.02. The van der Waals surface area contributed by atoms with Gasteiger partial charge < -0.3 is 75.1 Å². The average Bonchev–Trinajstić information content (AvgIpc) is 2.99. The van der Waals surface area contributed by atoms with Crippen LogP contribution in [-0.2, 0) is 18.9 Å². The number of aliphatic hydroxyl groups is 2. The Balaban J connectivity index is 1.69. The summed E-state index contributed by atoms with van der Waals surface area (Å²) in [5.41, 5.74) is -3.93. The molecule has 0 bridgehead atoms. The number of hydrogen-bond acceptors (Lipinski definition) is 18. The molecule has 18 nitrogen and oxygen atoms in total. The minimum absolute atomic E-state index is 0.602. The van der Waals surface area contributed by atoms with Crippen molar-refractivity contribution in [2.45, 2.75) is 30.7 Å². The number of carbonyl (C=O) groups is 3. The number of benzene rings is 3. The number of phenolic OH excluding ortho intramolecular Hbond substituents is 9. The second-order valence-electron chi connectivity index (χ2n) is 9.76. The fourth-order valence-electron chi connectivity index (χ4n) is 4.78. The second kappa shape index (κ2) is 11.0. The molecule has 0 aliphatic carbocycles. The van der Waals surface area contributed by atoms with Crippen molar-refractivity contribution in [2.24, 2.45) is 0 Å². The van der Waals surface area contributed by atoms with Crippen molar-refractivity contribution in [3.05, 3.63) is 41.0 Å². The van der Waals surface area contributed by atoms with Crippen LogP contribution in [0.5, 0.6) is 51.7 Å². The van der Waals surface area contributed by atoms with Crippen molar-refractivity contribution in [1.82, 2.24) is 0 Å². The molecule has 3 aromatic rings. The van der Waals surface area contributed by atoms with E-state index in [0.29, 0.717) is 24.3 Å². The summed E-state index contributed by atoms with van der Waals surface area (Å²) >= 11 is 0. The highest BCUT2D eigenvalue weighted by atomic mass is 16.7. The number of hydrogen-bond donors (Lipinski definition) is 11. The van der Waals surface area contributed by atoms with Gasteiger partial charge >= 0.3 is 17.9 Å². The van der Waals surface area contributed by atoms with Crippen molar-refractivity contribution in [2.75, 3.05) is 6.61 Å². The van der Waals surface area contributed by atoms with Crippen molar-refractivity contribution >= 4 is 17.9 Å². The van der Waals surface area contributed by atoms with Crippen LogP contribution in [-0.4, -0.2) is 111 Å². The smallest absolute Gasteiger partial charge is 0.343 e. The van der Waals surface area contributed by atoms with Gasteiger partial charge in [0.15, 0.2) is 46.4 Å². The molecule has 18 heteroatoms. The number of fused-ring (bicyclic) bond motifs is 4. The molecule has 0 amide bonds. The first kappa shape index (κ1) is 30.6. The van der Waals surface area contributed by atoms with Gasteiger partial charge in [-0.2, -0.15) is 0 Å². The lowest BCUT2D eigenvalue weighted by atomic mass is 9.91. The Morgan fingerprint density at radius 1 is 0.667 bits per heavy atom. The third kappa shape index (κ3) is 4.97. The number of aliphatic hydroxyl groups excluding tert-OH is 2. The molecule has 11 N–H and O–H groups in total. The van der Waals surface area contributed by atoms with Crippen LogP contribution in [0.25, 0.3) is 11.1 Å². The molecule has 1 fully saturated rings. The Morgan fingerprint density at radius 2 is 1.11 bits per heavy atom. The van der Waals surface area contributed by atoms with Crippen LogP contribution < -0.4 is 0 Å². The van der Waals surface area contributed by atoms with Crippen LogP contribution in [0.4, 0.5) is 0 Å². The van der Waals surface area contributed by atoms with Crippen LogP contribution in [0.15, 0.2) is 24.3 Å². The van der Waals surface area contributed by atoms with Gasteiger partial charge in [-0.25, -0.2) is 14.4 Å². The predicted molar refractivity (Wildman–Crippen MR) is 139 cm³/mol. The van der Waals surface area contributed by atoms with Crippen LogP contribution in [0.2, 0.25) is 0 Å². The van der Waals surface area contributed by atoms with E-state index in [0.717, 1.165) is 0 Å². The molecule has 2 heterocycles. The predicted octanol–water partition coefficient (Wildman–Crippen LogP) is -0.297. The second-order valence-corrected chi connectivity index (χ2v) is 9.76. The maximum atomic E-state index is 13.6. The average molecular weight is 634 g/mol. The summed E-state index contributed by atoms with van der Waals surface area (Å²) in [7, 11) is 0. The quantitative estimate of drug-likeness (QED) is 0.100. The van der Waals surface area contributed by atoms with Gasteiger partial charge in [-0.1, -0.05) is 0 Å². The summed E-state index contributed by atoms with van der Waals surface area (Å²) in [4.78, 5) is 40.0. The molecule has 45 heavy (non-hydrogen) atoms. The molecule has 5 rings (SSSR count). The largest absolute Gasteiger partial charge is 0.504 e. The molecule has 1 saturated heterocycles. The Hall–Kier alpha value is -5.85. The SMILES string of the molecule is O=C(O[C@@H]1O[C@H](CO)[C@@H](O)C2OC(=O)c3c(cc(O)c(O)c3O)-c3cc(O)c(O)c(O)c3C(=O)OC21)c1cc(O)c(O)c(O)c1. The summed E-state index contributed by atoms with van der Waals surface area (Å²) in [5.74, 6) is -14.8. The van der Waals surface area contributed by atoms with E-state index >= 15 is 0 Å². The highest BCUT2D eigenvalue weighted by molar-refractivity contribution is 6.08. The summed E-state index contributed by atoms with van der Waals surface area (Å²) in [5, 5.41) is 112. The van der Waals surface area contributed by atoms with Gasteiger partial charge in [0, 0.05) is 11.1 Å². The molecule has 3 aromatic carbocycles. The lowest BCUT2D eigenvalue weighted by Crippen LogP contribution is -2.62. The van der Waals surface area contributed by atoms with Crippen LogP contribution in [0.1, 0.15) is 31.1 Å². The zero-order chi connectivity index (χ0) is 33.1. The van der Waals surface area contributed by atoms with Gasteiger partial charge in [-0.15, -0.1) is 0 Å². The van der Waals surface area contributed by atoms with E-state index in [1.165, 1.54) is 0 Å². The third-order valence-corrected chi connectivity index (χ3v) is 7.02. The summed E-state index contributed by atoms with van der Waals surface area (Å²) in [6.07, 6.45) is -10.3. The molecule has 238 valence electrons. The Bertz CT molecular complexity index is 1730. The van der Waals surface area contributed by atoms with Crippen molar-refractivity contribution in [3.8, 4) is 62.9 Å². The topological polar surface area (TPSA) is 311 Å². The number of rotatable bonds is 3. The van der Waals surface area contributed by atoms with Crippen molar-refractivity contribution in [3.63, 3.8) is 0 Å². The maximum absolute atomic E-state index is 13.6. The summed E-state index contributed by atoms with van der Waals surface area (Å²) in [6, 6.07) is 2.60. The Labute approximate surface area is 248 Å². The minimum Gasteiger partial charge on any atom is -0.504 e. The molecule has 0 radical (unpaired) electrons. The first-order valence-corrected chi connectivity index (χ1v) is 12.5. The molecule has 5 atom stereocenters. The van der Waals surface area contributed by atoms with E-state index in [4.69, 9.17) is 18.9 Å². The maximum Gasteiger partial charge on any atom is 0.343 e. The molecule has 2 unspecified atom stereocenters. The lowest BCUT2D eigenvalue weighted by molar-refractivity contribution is -0.283. The molecular formula is C27H22O18. The summed E-state index contributed by atoms with van der Waals surface area (Å²) in [6.45, 7) is -1.02. The van der Waals surface area contributed by atoms with E-state index in [9.17, 15) is 70.6 Å². The zero-order valence-electron chi connectivity index (χ0n) is 22.2. The lowest BCUT2D eigenvalue weighted by Gasteiger charge is -2.42. The zero-order valence-corrected chi connectivity index (χ0v) is 22.2. The van der Waals surface area contributed by atoms with Crippen molar-refractivity contribution in [1.29, 1.82) is 0 Å². The molecule has 2 aliphatic heterocycles. The monoisotopic (exact) mass is 634 g/mol. The number of esters is 3. The first-order chi connectivity index (χ1) is 21.2. The highest BCUT2D eigenvalue weighted by Crippen LogP contribution is 2.50. The van der Waals surface area contributed by atoms with E-state index < -0.39 is 135 Å². The number of carbonyl (C=O) groups excluding carboxylic acids is 3. The molecule has 0 spiro atoms. The van der Waals surface area contributed by atoms with Gasteiger partial charge in [-0.05, 0) is 24.3 Å². The van der Waals surface area contributed by atoms with Crippen molar-refractivity contribution < 1.29 is 89.5 Å². The first-order valence-electron chi connectivity index (χ1n) is 12.5. The molecule has 0 saturated carbocycles. The van der Waals surface area contributed by atoms with Gasteiger partial charge in [0.2, 0.25) is 23.9 Å². The van der Waals surface area contributed by atoms with Gasteiger partial charge in [0.05, 0.1) is 12.2 Å². The molecule has 0 aromatic heterocycles. The van der Waals surface area contributed by atoms with E-state index in [-0.39, 0.29) is 0 Å². The molecular weight excluding hydrogens is 612 g/mol. The molecule has 2 aliphatic rings. The van der Waals surface area contributed by atoms with E-state index in [1.54, 1.807) is 0 Å². The fourth-order valence-corrected chi connectivity index (χ4v) is 4.78. The van der Waals surface area contributed by atoms with Gasteiger partial charge in [-0.3, -0.25) is 0 Å². The van der Waals surface area contributed by atoms with Crippen LogP contribution in [0.3, 0.4) is 0 Å². The van der Waals surface area contributed by atoms with Gasteiger partial charge in [0.25, 0.3) is 0 Å². The van der Waals surface area contributed by atoms with Crippen LogP contribution >= 0.6 is 0 Å². The normalized spacial score (nSPS) is 22.7. The minimum atomic E-state index is -2.19. The Morgan fingerprint density at radius 3 is 1.58 bits per heavy atom. The van der Waals surface area contributed by atoms with E-state index in [2.05, 4.69) is 0 Å². The van der Waals surface area contributed by atoms with Gasteiger partial charge in [0.1, 0.15) is 23.3 Å². The number of aromatic hydroxyl groups is 9. The number of ether oxygens (including phenoxy) is 4. The van der Waals surface area contributed by atoms with E-state index in [1.807, 2.05) is 0 Å². The fraction of sp³-hybridized carbons (Fsp3) is 0.222. The highest BCUT2D eigenvalue weighted by Gasteiger charge is 2.53. The summed E-state index contributed by atoms with van der Waals surface area (Å²) < 4.78 is 21.2. The Kier molecular flexibility index (Phi) is 7.49.